The molecule has 1 aliphatic heterocycles. The van der Waals surface area contributed by atoms with Crippen LogP contribution in [-0.2, 0) is 4.79 Å². The van der Waals surface area contributed by atoms with Crippen molar-refractivity contribution < 1.29 is 4.79 Å². The number of aryl methyl sites for hydroxylation is 1. The molecule has 140 valence electrons. The number of aromatic nitrogens is 4. The van der Waals surface area contributed by atoms with Gasteiger partial charge < -0.3 is 10.2 Å². The van der Waals surface area contributed by atoms with Crippen molar-refractivity contribution in [2.75, 3.05) is 37.6 Å². The summed E-state index contributed by atoms with van der Waals surface area (Å²) >= 11 is 0. The minimum atomic E-state index is 0.103. The highest BCUT2D eigenvalue weighted by atomic mass is 16.2. The zero-order chi connectivity index (χ0) is 18.5. The highest BCUT2D eigenvalue weighted by molar-refractivity contribution is 5.78. The maximum atomic E-state index is 12.0. The summed E-state index contributed by atoms with van der Waals surface area (Å²) in [4.78, 5) is 16.4. The molecule has 0 aromatic carbocycles. The van der Waals surface area contributed by atoms with Gasteiger partial charge in [0.25, 0.3) is 0 Å². The molecule has 1 amide bonds. The summed E-state index contributed by atoms with van der Waals surface area (Å²) in [6.07, 6.45) is 2.83. The van der Waals surface area contributed by atoms with E-state index in [4.69, 9.17) is 0 Å². The van der Waals surface area contributed by atoms with Gasteiger partial charge in [-0.25, -0.2) is 4.68 Å². The Morgan fingerprint density at radius 3 is 2.42 bits per heavy atom. The zero-order valence-electron chi connectivity index (χ0n) is 15.7. The second kappa shape index (κ2) is 8.27. The summed E-state index contributed by atoms with van der Waals surface area (Å²) in [6.45, 7) is 9.87. The van der Waals surface area contributed by atoms with E-state index in [-0.39, 0.29) is 11.9 Å². The van der Waals surface area contributed by atoms with Crippen molar-refractivity contribution in [2.24, 2.45) is 0 Å². The van der Waals surface area contributed by atoms with Crippen LogP contribution in [0.1, 0.15) is 26.0 Å². The number of nitrogens with zero attached hydrogens (tertiary/aromatic N) is 6. The summed E-state index contributed by atoms with van der Waals surface area (Å²) in [5, 5.41) is 16.0. The van der Waals surface area contributed by atoms with Crippen molar-refractivity contribution in [3.8, 4) is 5.82 Å². The maximum absolute atomic E-state index is 12.0. The summed E-state index contributed by atoms with van der Waals surface area (Å²) in [7, 11) is 0. The van der Waals surface area contributed by atoms with Gasteiger partial charge in [0.05, 0.1) is 12.2 Å². The molecule has 0 radical (unpaired) electrons. The average molecular weight is 357 g/mol. The first-order chi connectivity index (χ1) is 12.5. The van der Waals surface area contributed by atoms with Gasteiger partial charge in [0.2, 0.25) is 5.91 Å². The Morgan fingerprint density at radius 2 is 1.85 bits per heavy atom. The molecule has 0 aliphatic carbocycles. The molecule has 3 rings (SSSR count). The number of hydrogen-bond acceptors (Lipinski definition) is 6. The molecule has 1 fully saturated rings. The molecule has 1 unspecified atom stereocenters. The molecule has 2 aromatic heterocycles. The molecule has 8 heteroatoms. The molecule has 1 saturated heterocycles. The van der Waals surface area contributed by atoms with Crippen LogP contribution in [-0.4, -0.2) is 69.6 Å². The van der Waals surface area contributed by atoms with E-state index < -0.39 is 0 Å². The van der Waals surface area contributed by atoms with Crippen LogP contribution in [0.15, 0.2) is 24.4 Å². The molecular weight excluding hydrogens is 330 g/mol. The Bertz CT molecular complexity index is 719. The summed E-state index contributed by atoms with van der Waals surface area (Å²) in [5.41, 5.74) is 0.948. The molecule has 1 atom stereocenters. The lowest BCUT2D eigenvalue weighted by molar-refractivity contribution is -0.122. The number of amides is 1. The quantitative estimate of drug-likeness (QED) is 0.831. The van der Waals surface area contributed by atoms with Crippen LogP contribution in [0.3, 0.4) is 0 Å². The number of piperazine rings is 1. The fraction of sp³-hybridized carbons (Fsp3) is 0.556. The highest BCUT2D eigenvalue weighted by Gasteiger charge is 2.20. The maximum Gasteiger partial charge on any atom is 0.234 e. The monoisotopic (exact) mass is 357 g/mol. The number of hydrogen-bond donors (Lipinski definition) is 1. The third-order valence-electron chi connectivity index (χ3n) is 4.68. The number of rotatable bonds is 6. The van der Waals surface area contributed by atoms with Crippen molar-refractivity contribution in [2.45, 2.75) is 33.2 Å². The topological polar surface area (TPSA) is 79.2 Å². The van der Waals surface area contributed by atoms with Gasteiger partial charge in [-0.2, -0.15) is 5.10 Å². The predicted molar refractivity (Wildman–Crippen MR) is 100 cm³/mol. The van der Waals surface area contributed by atoms with Crippen molar-refractivity contribution in [3.05, 3.63) is 30.1 Å². The average Bonchev–Trinajstić information content (AvgIpc) is 3.09. The first-order valence-corrected chi connectivity index (χ1v) is 9.18. The van der Waals surface area contributed by atoms with Crippen molar-refractivity contribution >= 4 is 11.7 Å². The van der Waals surface area contributed by atoms with Gasteiger partial charge in [0, 0.05) is 38.4 Å². The van der Waals surface area contributed by atoms with E-state index in [0.717, 1.165) is 44.1 Å². The molecule has 0 saturated carbocycles. The molecule has 2 aromatic rings. The lowest BCUT2D eigenvalue weighted by Gasteiger charge is -2.34. The van der Waals surface area contributed by atoms with Crippen LogP contribution in [0.2, 0.25) is 0 Å². The Morgan fingerprint density at radius 1 is 1.15 bits per heavy atom. The summed E-state index contributed by atoms with van der Waals surface area (Å²) in [6, 6.07) is 6.08. The van der Waals surface area contributed by atoms with Crippen LogP contribution in [0.25, 0.3) is 5.82 Å². The molecule has 3 heterocycles. The van der Waals surface area contributed by atoms with E-state index in [0.29, 0.717) is 12.4 Å². The van der Waals surface area contributed by atoms with Crippen molar-refractivity contribution in [1.29, 1.82) is 0 Å². The molecule has 1 N–H and O–H groups in total. The molecule has 8 nitrogen and oxygen atoms in total. The zero-order valence-corrected chi connectivity index (χ0v) is 15.7. The second-order valence-corrected chi connectivity index (χ2v) is 6.79. The third kappa shape index (κ3) is 4.57. The Kier molecular flexibility index (Phi) is 5.82. The largest absolute Gasteiger partial charge is 0.353 e. The van der Waals surface area contributed by atoms with Crippen molar-refractivity contribution in [1.82, 2.24) is 30.2 Å². The Hall–Kier alpha value is -2.48. The lowest BCUT2D eigenvalue weighted by Crippen LogP contribution is -2.50. The number of carbonyl (C=O) groups is 1. The van der Waals surface area contributed by atoms with E-state index >= 15 is 0 Å². The van der Waals surface area contributed by atoms with Gasteiger partial charge >= 0.3 is 0 Å². The SMILES string of the molecule is CCC(C)NC(=O)CN1CCN(c2ccc(-n3ccc(C)n3)nn2)CC1. The van der Waals surface area contributed by atoms with Gasteiger partial charge in [-0.3, -0.25) is 9.69 Å². The molecule has 0 bridgehead atoms. The first kappa shape index (κ1) is 18.3. The van der Waals surface area contributed by atoms with E-state index in [1.807, 2.05) is 38.2 Å². The summed E-state index contributed by atoms with van der Waals surface area (Å²) in [5.74, 6) is 1.68. The molecule has 1 aliphatic rings. The number of anilines is 1. The van der Waals surface area contributed by atoms with Gasteiger partial charge in [0.1, 0.15) is 0 Å². The molecule has 0 spiro atoms. The number of nitrogens with one attached hydrogen (secondary N) is 1. The fourth-order valence-electron chi connectivity index (χ4n) is 2.91. The third-order valence-corrected chi connectivity index (χ3v) is 4.68. The smallest absolute Gasteiger partial charge is 0.234 e. The van der Waals surface area contributed by atoms with E-state index in [9.17, 15) is 4.79 Å². The Labute approximate surface area is 154 Å². The van der Waals surface area contributed by atoms with Gasteiger partial charge in [-0.05, 0) is 38.5 Å². The number of carbonyl (C=O) groups excluding carboxylic acids is 1. The van der Waals surface area contributed by atoms with Crippen LogP contribution in [0, 0.1) is 6.92 Å². The van der Waals surface area contributed by atoms with Crippen molar-refractivity contribution in [3.63, 3.8) is 0 Å². The van der Waals surface area contributed by atoms with E-state index in [1.54, 1.807) is 4.68 Å². The molecular formula is C18H27N7O. The Balaban J connectivity index is 1.51. The lowest BCUT2D eigenvalue weighted by atomic mass is 10.2. The highest BCUT2D eigenvalue weighted by Crippen LogP contribution is 2.14. The van der Waals surface area contributed by atoms with Crippen LogP contribution in [0.5, 0.6) is 0 Å². The second-order valence-electron chi connectivity index (χ2n) is 6.79. The fourth-order valence-corrected chi connectivity index (χ4v) is 2.91. The minimum Gasteiger partial charge on any atom is -0.353 e. The standard InChI is InChI=1S/C18H27N7O/c1-4-14(2)19-18(26)13-23-9-11-24(12-10-23)16-5-6-17(21-20-16)25-8-7-15(3)22-25/h5-8,14H,4,9-13H2,1-3H3,(H,19,26). The van der Waals surface area contributed by atoms with Crippen LogP contribution >= 0.6 is 0 Å². The van der Waals surface area contributed by atoms with E-state index in [2.05, 4.69) is 37.3 Å². The summed E-state index contributed by atoms with van der Waals surface area (Å²) < 4.78 is 1.72. The van der Waals surface area contributed by atoms with Gasteiger partial charge in [-0.1, -0.05) is 6.92 Å². The predicted octanol–water partition coefficient (Wildman–Crippen LogP) is 1.01. The van der Waals surface area contributed by atoms with Gasteiger partial charge in [-0.15, -0.1) is 10.2 Å². The first-order valence-electron chi connectivity index (χ1n) is 9.18. The van der Waals surface area contributed by atoms with Gasteiger partial charge in [0.15, 0.2) is 11.6 Å². The normalized spacial score (nSPS) is 16.5. The van der Waals surface area contributed by atoms with Crippen LogP contribution < -0.4 is 10.2 Å². The van der Waals surface area contributed by atoms with Crippen LogP contribution in [0.4, 0.5) is 5.82 Å². The molecule has 26 heavy (non-hydrogen) atoms. The van der Waals surface area contributed by atoms with E-state index in [1.165, 1.54) is 0 Å². The minimum absolute atomic E-state index is 0.103.